The Balaban J connectivity index is 2.01. The van der Waals surface area contributed by atoms with E-state index in [-0.39, 0.29) is 18.6 Å². The second-order valence-corrected chi connectivity index (χ2v) is 3.33. The second kappa shape index (κ2) is 3.29. The summed E-state index contributed by atoms with van der Waals surface area (Å²) >= 11 is 0. The summed E-state index contributed by atoms with van der Waals surface area (Å²) in [4.78, 5) is 24.1. The molecule has 0 N–H and O–H groups in total. The van der Waals surface area contributed by atoms with Gasteiger partial charge in [-0.25, -0.2) is 4.79 Å². The van der Waals surface area contributed by atoms with Crippen molar-refractivity contribution in [1.82, 2.24) is 4.90 Å². The van der Waals surface area contributed by atoms with Crippen LogP contribution in [-0.2, 0) is 14.3 Å². The number of amides is 1. The van der Waals surface area contributed by atoms with Crippen molar-refractivity contribution in [1.29, 1.82) is 0 Å². The molecule has 0 aromatic heterocycles. The monoisotopic (exact) mass is 193 g/mol. The number of fused-ring (bicyclic) bond motifs is 1. The van der Waals surface area contributed by atoms with E-state index in [4.69, 9.17) is 4.74 Å². The maximum Gasteiger partial charge on any atom is 0.355 e. The molecule has 2 aliphatic rings. The summed E-state index contributed by atoms with van der Waals surface area (Å²) in [5.74, 6) is -0.422. The summed E-state index contributed by atoms with van der Waals surface area (Å²) in [5.41, 5.74) is 0.396. The number of hydrogen-bond donors (Lipinski definition) is 0. The van der Waals surface area contributed by atoms with Gasteiger partial charge in [-0.1, -0.05) is 18.7 Å². The number of β-lactam (4-membered cyclic amide) rings is 1. The molecule has 1 atom stereocenters. The lowest BCUT2D eigenvalue weighted by atomic mass is 10.0. The number of carbonyl (C=O) groups excluding carboxylic acids is 2. The predicted molar refractivity (Wildman–Crippen MR) is 49.1 cm³/mol. The van der Waals surface area contributed by atoms with Crippen LogP contribution in [0.25, 0.3) is 0 Å². The molecule has 1 unspecified atom stereocenters. The lowest BCUT2D eigenvalue weighted by Gasteiger charge is -2.35. The normalized spacial score (nSPS) is 23.7. The van der Waals surface area contributed by atoms with E-state index in [9.17, 15) is 9.59 Å². The number of rotatable bonds is 3. The number of esters is 1. The van der Waals surface area contributed by atoms with Crippen LogP contribution in [0.15, 0.2) is 24.4 Å². The summed E-state index contributed by atoms with van der Waals surface area (Å²) in [7, 11) is 0. The van der Waals surface area contributed by atoms with Crippen LogP contribution in [0, 0.1) is 0 Å². The molecule has 2 rings (SSSR count). The number of carbonyl (C=O) groups is 2. The van der Waals surface area contributed by atoms with Crippen molar-refractivity contribution in [3.63, 3.8) is 0 Å². The minimum Gasteiger partial charge on any atom is -0.457 e. The maximum absolute atomic E-state index is 11.4. The number of nitrogens with zero attached hydrogens (tertiary/aromatic N) is 1. The fourth-order valence-electron chi connectivity index (χ4n) is 1.74. The van der Waals surface area contributed by atoms with Gasteiger partial charge in [0.05, 0.1) is 0 Å². The Kier molecular flexibility index (Phi) is 2.11. The standard InChI is InChI=1S/C10H11NO3/c1-2-5-14-10(13)8-4-3-7-6-9(12)11(7)8/h2,4,7H,1,3,5-6H2. The molecule has 4 nitrogen and oxygen atoms in total. The van der Waals surface area contributed by atoms with Gasteiger partial charge in [-0.05, 0) is 6.42 Å². The van der Waals surface area contributed by atoms with Crippen molar-refractivity contribution < 1.29 is 14.3 Å². The number of hydrogen-bond acceptors (Lipinski definition) is 3. The fourth-order valence-corrected chi connectivity index (χ4v) is 1.74. The van der Waals surface area contributed by atoms with Crippen LogP contribution in [0.3, 0.4) is 0 Å². The molecule has 14 heavy (non-hydrogen) atoms. The molecule has 1 amide bonds. The Labute approximate surface area is 81.8 Å². The highest BCUT2D eigenvalue weighted by Crippen LogP contribution is 2.33. The van der Waals surface area contributed by atoms with Gasteiger partial charge in [0.2, 0.25) is 5.91 Å². The third-order valence-corrected chi connectivity index (χ3v) is 2.43. The Morgan fingerprint density at radius 1 is 1.79 bits per heavy atom. The molecule has 0 bridgehead atoms. The van der Waals surface area contributed by atoms with Crippen LogP contribution in [0.5, 0.6) is 0 Å². The molecule has 0 aromatic rings. The van der Waals surface area contributed by atoms with Gasteiger partial charge in [-0.3, -0.25) is 4.79 Å². The Bertz CT molecular complexity index is 332. The zero-order valence-corrected chi connectivity index (χ0v) is 7.73. The van der Waals surface area contributed by atoms with Gasteiger partial charge in [0.1, 0.15) is 12.3 Å². The first-order chi connectivity index (χ1) is 6.74. The molecule has 2 aliphatic heterocycles. The molecule has 2 heterocycles. The van der Waals surface area contributed by atoms with Gasteiger partial charge in [0.25, 0.3) is 0 Å². The predicted octanol–water partition coefficient (Wildman–Crippen LogP) is 0.604. The molecule has 74 valence electrons. The molecular formula is C10H11NO3. The van der Waals surface area contributed by atoms with E-state index in [1.807, 2.05) is 0 Å². The third kappa shape index (κ3) is 1.23. The minimum absolute atomic E-state index is 0.00861. The summed E-state index contributed by atoms with van der Waals surface area (Å²) in [6.45, 7) is 3.63. The average molecular weight is 193 g/mol. The zero-order chi connectivity index (χ0) is 10.1. The van der Waals surface area contributed by atoms with Crippen LogP contribution in [0.1, 0.15) is 12.8 Å². The van der Waals surface area contributed by atoms with Gasteiger partial charge in [-0.2, -0.15) is 0 Å². The van der Waals surface area contributed by atoms with Crippen LogP contribution < -0.4 is 0 Å². The van der Waals surface area contributed by atoms with Gasteiger partial charge in [-0.15, -0.1) is 0 Å². The lowest BCUT2D eigenvalue weighted by Crippen LogP contribution is -2.49. The second-order valence-electron chi connectivity index (χ2n) is 3.33. The topological polar surface area (TPSA) is 46.6 Å². The third-order valence-electron chi connectivity index (χ3n) is 2.43. The highest BCUT2D eigenvalue weighted by molar-refractivity contribution is 5.98. The van der Waals surface area contributed by atoms with E-state index in [1.54, 1.807) is 6.08 Å². The van der Waals surface area contributed by atoms with Crippen molar-refractivity contribution in [3.8, 4) is 0 Å². The van der Waals surface area contributed by atoms with Crippen molar-refractivity contribution in [3.05, 3.63) is 24.4 Å². The zero-order valence-electron chi connectivity index (χ0n) is 7.73. The number of ether oxygens (including phenoxy) is 1. The highest BCUT2D eigenvalue weighted by Gasteiger charge is 2.44. The smallest absolute Gasteiger partial charge is 0.355 e. The highest BCUT2D eigenvalue weighted by atomic mass is 16.5. The van der Waals surface area contributed by atoms with Gasteiger partial charge in [0, 0.05) is 12.5 Å². The van der Waals surface area contributed by atoms with E-state index in [0.29, 0.717) is 12.1 Å². The molecule has 0 aliphatic carbocycles. The van der Waals surface area contributed by atoms with Crippen LogP contribution in [0.4, 0.5) is 0 Å². The van der Waals surface area contributed by atoms with E-state index in [0.717, 1.165) is 6.42 Å². The first kappa shape index (κ1) is 8.99. The lowest BCUT2D eigenvalue weighted by molar-refractivity contribution is -0.149. The SMILES string of the molecule is C=CCOC(=O)C1=CCC2CC(=O)N12. The summed E-state index contributed by atoms with van der Waals surface area (Å²) in [5, 5.41) is 0. The van der Waals surface area contributed by atoms with Crippen molar-refractivity contribution in [2.75, 3.05) is 6.61 Å². The maximum atomic E-state index is 11.4. The Morgan fingerprint density at radius 2 is 2.57 bits per heavy atom. The molecular weight excluding hydrogens is 182 g/mol. The Hall–Kier alpha value is -1.58. The summed E-state index contributed by atoms with van der Waals surface area (Å²) < 4.78 is 4.86. The first-order valence-electron chi connectivity index (χ1n) is 4.54. The van der Waals surface area contributed by atoms with Gasteiger partial charge >= 0.3 is 5.97 Å². The molecule has 0 spiro atoms. The molecule has 4 heteroatoms. The van der Waals surface area contributed by atoms with E-state index < -0.39 is 5.97 Å². The molecule has 1 fully saturated rings. The summed E-state index contributed by atoms with van der Waals surface area (Å²) in [6.07, 6.45) is 4.59. The summed E-state index contributed by atoms with van der Waals surface area (Å²) in [6, 6.07) is 0.203. The van der Waals surface area contributed by atoms with Crippen molar-refractivity contribution in [2.45, 2.75) is 18.9 Å². The molecule has 0 radical (unpaired) electrons. The molecule has 0 aromatic carbocycles. The average Bonchev–Trinajstić information content (AvgIpc) is 2.51. The van der Waals surface area contributed by atoms with Crippen LogP contribution in [0.2, 0.25) is 0 Å². The van der Waals surface area contributed by atoms with Gasteiger partial charge < -0.3 is 9.64 Å². The van der Waals surface area contributed by atoms with Crippen molar-refractivity contribution in [2.24, 2.45) is 0 Å². The molecule has 1 saturated heterocycles. The van der Waals surface area contributed by atoms with Crippen LogP contribution >= 0.6 is 0 Å². The first-order valence-corrected chi connectivity index (χ1v) is 4.54. The van der Waals surface area contributed by atoms with E-state index in [2.05, 4.69) is 6.58 Å². The minimum atomic E-state index is -0.430. The van der Waals surface area contributed by atoms with Crippen molar-refractivity contribution >= 4 is 11.9 Å². The quantitative estimate of drug-likeness (QED) is 0.374. The van der Waals surface area contributed by atoms with E-state index in [1.165, 1.54) is 11.0 Å². The largest absolute Gasteiger partial charge is 0.457 e. The fraction of sp³-hybridized carbons (Fsp3) is 0.400. The van der Waals surface area contributed by atoms with E-state index >= 15 is 0 Å². The molecule has 0 saturated carbocycles. The van der Waals surface area contributed by atoms with Crippen LogP contribution in [-0.4, -0.2) is 29.4 Å². The Morgan fingerprint density at radius 3 is 3.21 bits per heavy atom. The van der Waals surface area contributed by atoms with Gasteiger partial charge in [0.15, 0.2) is 0 Å².